The van der Waals surface area contributed by atoms with Crippen LogP contribution in [-0.2, 0) is 12.0 Å². The van der Waals surface area contributed by atoms with E-state index >= 15 is 0 Å². The third kappa shape index (κ3) is 7.20. The zero-order chi connectivity index (χ0) is 23.0. The zero-order valence-electron chi connectivity index (χ0n) is 19.7. The monoisotopic (exact) mass is 435 g/mol. The first-order valence-corrected chi connectivity index (χ1v) is 11.8. The molecule has 0 aromatic heterocycles. The molecular formula is C27H37N3O2. The van der Waals surface area contributed by atoms with Crippen molar-refractivity contribution in [1.82, 2.24) is 15.5 Å². The number of hydrogen-bond donors (Lipinski definition) is 2. The second-order valence-corrected chi connectivity index (χ2v) is 9.72. The standard InChI is InChI=1S/C27H37N3O2/c1-27(2,3)24-14-12-23(13-15-24)26(32)29-20-21-8-10-22(11-9-21)25(31)28-16-4-5-17-30-18-6-7-19-30/h8-15H,4-7,16-20H2,1-3H3,(H,28,31)(H,29,32). The van der Waals surface area contributed by atoms with Crippen molar-refractivity contribution < 1.29 is 9.59 Å². The summed E-state index contributed by atoms with van der Waals surface area (Å²) in [7, 11) is 0. The lowest BCUT2D eigenvalue weighted by atomic mass is 9.87. The molecule has 2 aromatic carbocycles. The fourth-order valence-corrected chi connectivity index (χ4v) is 3.95. The van der Waals surface area contributed by atoms with Gasteiger partial charge in [-0.15, -0.1) is 0 Å². The largest absolute Gasteiger partial charge is 0.352 e. The highest BCUT2D eigenvalue weighted by molar-refractivity contribution is 5.95. The number of rotatable bonds is 9. The van der Waals surface area contributed by atoms with Crippen molar-refractivity contribution in [3.05, 3.63) is 70.8 Å². The van der Waals surface area contributed by atoms with E-state index in [0.29, 0.717) is 24.2 Å². The molecule has 1 heterocycles. The van der Waals surface area contributed by atoms with E-state index in [1.807, 2.05) is 48.5 Å². The van der Waals surface area contributed by atoms with E-state index in [1.165, 1.54) is 31.5 Å². The van der Waals surface area contributed by atoms with E-state index in [-0.39, 0.29) is 17.2 Å². The van der Waals surface area contributed by atoms with Crippen molar-refractivity contribution in [1.29, 1.82) is 0 Å². The van der Waals surface area contributed by atoms with Gasteiger partial charge in [0.15, 0.2) is 0 Å². The maximum Gasteiger partial charge on any atom is 0.251 e. The SMILES string of the molecule is CC(C)(C)c1ccc(C(=O)NCc2ccc(C(=O)NCCCCN3CCCC3)cc2)cc1. The van der Waals surface area contributed by atoms with E-state index < -0.39 is 0 Å². The quantitative estimate of drug-likeness (QED) is 0.569. The van der Waals surface area contributed by atoms with Gasteiger partial charge in [0.25, 0.3) is 11.8 Å². The lowest BCUT2D eigenvalue weighted by Crippen LogP contribution is -2.26. The highest BCUT2D eigenvalue weighted by Crippen LogP contribution is 2.22. The number of amides is 2. The predicted octanol–water partition coefficient (Wildman–Crippen LogP) is 4.52. The van der Waals surface area contributed by atoms with Crippen molar-refractivity contribution in [3.8, 4) is 0 Å². The Balaban J connectivity index is 1.39. The van der Waals surface area contributed by atoms with Gasteiger partial charge in [0.05, 0.1) is 0 Å². The van der Waals surface area contributed by atoms with E-state index in [9.17, 15) is 9.59 Å². The van der Waals surface area contributed by atoms with Crippen LogP contribution in [0.5, 0.6) is 0 Å². The van der Waals surface area contributed by atoms with E-state index in [0.717, 1.165) is 24.9 Å². The van der Waals surface area contributed by atoms with Gasteiger partial charge in [-0.25, -0.2) is 0 Å². The molecule has 2 amide bonds. The van der Waals surface area contributed by atoms with Crippen LogP contribution < -0.4 is 10.6 Å². The molecule has 0 radical (unpaired) electrons. The smallest absolute Gasteiger partial charge is 0.251 e. The van der Waals surface area contributed by atoms with Crippen molar-refractivity contribution in [2.45, 2.75) is 58.4 Å². The van der Waals surface area contributed by atoms with Gasteiger partial charge in [-0.05, 0) is 86.1 Å². The fraction of sp³-hybridized carbons (Fsp3) is 0.481. The first-order valence-electron chi connectivity index (χ1n) is 11.8. The molecule has 0 unspecified atom stereocenters. The average Bonchev–Trinajstić information content (AvgIpc) is 3.30. The topological polar surface area (TPSA) is 61.4 Å². The second kappa shape index (κ2) is 11.3. The zero-order valence-corrected chi connectivity index (χ0v) is 19.7. The Morgan fingerprint density at radius 1 is 0.812 bits per heavy atom. The lowest BCUT2D eigenvalue weighted by Gasteiger charge is -2.19. The van der Waals surface area contributed by atoms with Crippen LogP contribution in [0.15, 0.2) is 48.5 Å². The molecule has 2 N–H and O–H groups in total. The number of likely N-dealkylation sites (tertiary alicyclic amines) is 1. The predicted molar refractivity (Wildman–Crippen MR) is 130 cm³/mol. The van der Waals surface area contributed by atoms with Crippen molar-refractivity contribution in [2.75, 3.05) is 26.2 Å². The summed E-state index contributed by atoms with van der Waals surface area (Å²) in [6.45, 7) is 11.2. The molecule has 0 atom stereocenters. The van der Waals surface area contributed by atoms with Gasteiger partial charge in [-0.2, -0.15) is 0 Å². The summed E-state index contributed by atoms with van der Waals surface area (Å²) in [6.07, 6.45) is 4.77. The first kappa shape index (κ1) is 24.0. The molecule has 0 bridgehead atoms. The molecule has 172 valence electrons. The van der Waals surface area contributed by atoms with Crippen LogP contribution in [0.3, 0.4) is 0 Å². The minimum atomic E-state index is -0.0961. The molecule has 3 rings (SSSR count). The number of unbranched alkanes of at least 4 members (excludes halogenated alkanes) is 1. The third-order valence-electron chi connectivity index (χ3n) is 6.07. The Morgan fingerprint density at radius 3 is 1.97 bits per heavy atom. The summed E-state index contributed by atoms with van der Waals surface area (Å²) in [6, 6.07) is 15.2. The number of carbonyl (C=O) groups excluding carboxylic acids is 2. The molecular weight excluding hydrogens is 398 g/mol. The van der Waals surface area contributed by atoms with Gasteiger partial charge < -0.3 is 15.5 Å². The Bertz CT molecular complexity index is 877. The van der Waals surface area contributed by atoms with Crippen LogP contribution >= 0.6 is 0 Å². The summed E-state index contributed by atoms with van der Waals surface area (Å²) < 4.78 is 0. The third-order valence-corrected chi connectivity index (χ3v) is 6.07. The van der Waals surface area contributed by atoms with Gasteiger partial charge in [0.1, 0.15) is 0 Å². The summed E-state index contributed by atoms with van der Waals surface area (Å²) >= 11 is 0. The molecule has 1 aliphatic heterocycles. The second-order valence-electron chi connectivity index (χ2n) is 9.72. The van der Waals surface area contributed by atoms with Crippen molar-refractivity contribution in [3.63, 3.8) is 0 Å². The molecule has 2 aromatic rings. The number of nitrogens with one attached hydrogen (secondary N) is 2. The van der Waals surface area contributed by atoms with E-state index in [4.69, 9.17) is 0 Å². The van der Waals surface area contributed by atoms with Crippen molar-refractivity contribution >= 4 is 11.8 Å². The molecule has 5 nitrogen and oxygen atoms in total. The average molecular weight is 436 g/mol. The highest BCUT2D eigenvalue weighted by Gasteiger charge is 2.14. The van der Waals surface area contributed by atoms with Gasteiger partial charge in [-0.1, -0.05) is 45.0 Å². The van der Waals surface area contributed by atoms with Crippen LogP contribution in [0.1, 0.15) is 78.3 Å². The summed E-state index contributed by atoms with van der Waals surface area (Å²) in [5.41, 5.74) is 3.54. The Morgan fingerprint density at radius 2 is 1.38 bits per heavy atom. The minimum absolute atomic E-state index is 0.0410. The maximum atomic E-state index is 12.4. The van der Waals surface area contributed by atoms with Crippen LogP contribution in [0.4, 0.5) is 0 Å². The van der Waals surface area contributed by atoms with Crippen LogP contribution in [0.25, 0.3) is 0 Å². The maximum absolute atomic E-state index is 12.4. The number of benzene rings is 2. The molecule has 0 saturated carbocycles. The van der Waals surface area contributed by atoms with Crippen molar-refractivity contribution in [2.24, 2.45) is 0 Å². The molecule has 32 heavy (non-hydrogen) atoms. The van der Waals surface area contributed by atoms with Gasteiger partial charge >= 0.3 is 0 Å². The summed E-state index contributed by atoms with van der Waals surface area (Å²) in [4.78, 5) is 27.3. The number of carbonyl (C=O) groups is 2. The Hall–Kier alpha value is -2.66. The van der Waals surface area contributed by atoms with Crippen LogP contribution in [-0.4, -0.2) is 42.9 Å². The van der Waals surface area contributed by atoms with Gasteiger partial charge in [-0.3, -0.25) is 9.59 Å². The first-order chi connectivity index (χ1) is 15.3. The van der Waals surface area contributed by atoms with Crippen LogP contribution in [0.2, 0.25) is 0 Å². The molecule has 1 saturated heterocycles. The minimum Gasteiger partial charge on any atom is -0.352 e. The number of nitrogens with zero attached hydrogens (tertiary/aromatic N) is 1. The van der Waals surface area contributed by atoms with Crippen LogP contribution in [0, 0.1) is 0 Å². The fourth-order valence-electron chi connectivity index (χ4n) is 3.95. The summed E-state index contributed by atoms with van der Waals surface area (Å²) in [5, 5.41) is 5.95. The molecule has 5 heteroatoms. The lowest BCUT2D eigenvalue weighted by molar-refractivity contribution is 0.0942. The van der Waals surface area contributed by atoms with E-state index in [1.54, 1.807) is 0 Å². The Kier molecular flexibility index (Phi) is 8.46. The highest BCUT2D eigenvalue weighted by atomic mass is 16.2. The van der Waals surface area contributed by atoms with E-state index in [2.05, 4.69) is 36.3 Å². The summed E-state index contributed by atoms with van der Waals surface area (Å²) in [5.74, 6) is -0.137. The molecule has 0 aliphatic carbocycles. The number of hydrogen-bond acceptors (Lipinski definition) is 3. The Labute approximate surface area is 192 Å². The molecule has 1 aliphatic rings. The molecule has 0 spiro atoms. The molecule has 1 fully saturated rings. The van der Waals surface area contributed by atoms with Gasteiger partial charge in [0.2, 0.25) is 0 Å². The van der Waals surface area contributed by atoms with Gasteiger partial charge in [0, 0.05) is 24.2 Å². The normalized spacial score (nSPS) is 14.3.